The molecule has 6 aromatic carbocycles. The summed E-state index contributed by atoms with van der Waals surface area (Å²) in [6.07, 6.45) is 6.75. The summed E-state index contributed by atoms with van der Waals surface area (Å²) in [6.45, 7) is 0. The van der Waals surface area contributed by atoms with Crippen LogP contribution in [0.25, 0.3) is 53.2 Å². The summed E-state index contributed by atoms with van der Waals surface area (Å²) in [5.41, 5.74) is 9.06. The van der Waals surface area contributed by atoms with Gasteiger partial charge in [0, 0.05) is 58.1 Å². The van der Waals surface area contributed by atoms with Gasteiger partial charge in [0.25, 0.3) is 0 Å². The van der Waals surface area contributed by atoms with Gasteiger partial charge in [-0.15, -0.1) is 23.1 Å². The van der Waals surface area contributed by atoms with E-state index in [1.807, 2.05) is 35.2 Å². The first-order valence-electron chi connectivity index (χ1n) is 17.4. The molecule has 4 heterocycles. The maximum Gasteiger partial charge on any atom is 0.143 e. The van der Waals surface area contributed by atoms with Gasteiger partial charge >= 0.3 is 0 Å². The molecule has 4 atom stereocenters. The first kappa shape index (κ1) is 29.3. The standard InChI is InChI=1S/C45H31N3OS2/c1-2-9-26(10-3-1)43-46-44(28-17-20-33-32-12-5-7-16-38(32)50-40(33)24-28)48-45(47-43)29-18-21-34-36-23-27(19-22-39(36)51-41(34)25-29)30-13-8-14-35-31-11-4-6-15-37(31)49-42(30)35/h1-25,33,40,43,45,47H,(H,46,48). The number of fused-ring (bicyclic) bond motifs is 9. The molecule has 8 aromatic rings. The first-order valence-corrected chi connectivity index (χ1v) is 19.1. The minimum Gasteiger partial charge on any atom is -0.455 e. The highest BCUT2D eigenvalue weighted by Gasteiger charge is 2.34. The second-order valence-corrected chi connectivity index (χ2v) is 15.8. The van der Waals surface area contributed by atoms with E-state index in [0.29, 0.717) is 11.2 Å². The van der Waals surface area contributed by atoms with Crippen LogP contribution in [0.3, 0.4) is 0 Å². The Morgan fingerprint density at radius 2 is 1.53 bits per heavy atom. The van der Waals surface area contributed by atoms with E-state index >= 15 is 0 Å². The van der Waals surface area contributed by atoms with Crippen molar-refractivity contribution in [2.45, 2.75) is 28.4 Å². The minimum absolute atomic E-state index is 0.112. The Kier molecular flexibility index (Phi) is 6.66. The van der Waals surface area contributed by atoms with Crippen LogP contribution in [-0.2, 0) is 0 Å². The second kappa shape index (κ2) is 11.6. The predicted molar refractivity (Wildman–Crippen MR) is 214 cm³/mol. The number of thioether (sulfide) groups is 1. The van der Waals surface area contributed by atoms with Crippen molar-refractivity contribution in [2.24, 2.45) is 4.99 Å². The quantitative estimate of drug-likeness (QED) is 0.193. The molecule has 11 rings (SSSR count). The van der Waals surface area contributed by atoms with Gasteiger partial charge in [-0.3, -0.25) is 5.32 Å². The number of rotatable bonds is 4. The van der Waals surface area contributed by atoms with Gasteiger partial charge in [0.05, 0.1) is 0 Å². The van der Waals surface area contributed by atoms with E-state index in [4.69, 9.17) is 9.41 Å². The largest absolute Gasteiger partial charge is 0.455 e. The summed E-state index contributed by atoms with van der Waals surface area (Å²) in [5, 5.41) is 12.8. The number of furan rings is 1. The van der Waals surface area contributed by atoms with E-state index in [0.717, 1.165) is 50.0 Å². The zero-order chi connectivity index (χ0) is 33.5. The lowest BCUT2D eigenvalue weighted by atomic mass is 9.89. The van der Waals surface area contributed by atoms with Crippen molar-refractivity contribution in [3.8, 4) is 11.1 Å². The molecular weight excluding hydrogens is 663 g/mol. The molecule has 0 fully saturated rings. The van der Waals surface area contributed by atoms with Gasteiger partial charge in [-0.2, -0.15) is 0 Å². The Hall–Kier alpha value is -5.40. The number of hydrogen-bond acceptors (Lipinski definition) is 6. The maximum atomic E-state index is 6.40. The van der Waals surface area contributed by atoms with E-state index in [9.17, 15) is 0 Å². The highest BCUT2D eigenvalue weighted by atomic mass is 32.2. The Labute approximate surface area is 303 Å². The molecule has 0 bridgehead atoms. The van der Waals surface area contributed by atoms with Gasteiger partial charge in [-0.25, -0.2) is 4.99 Å². The Morgan fingerprint density at radius 3 is 2.49 bits per heavy atom. The van der Waals surface area contributed by atoms with Crippen molar-refractivity contribution >= 4 is 71.0 Å². The number of allylic oxidation sites excluding steroid dienone is 1. The van der Waals surface area contributed by atoms with Crippen LogP contribution in [0.4, 0.5) is 0 Å². The van der Waals surface area contributed by atoms with Gasteiger partial charge in [0.15, 0.2) is 0 Å². The van der Waals surface area contributed by atoms with Gasteiger partial charge < -0.3 is 9.73 Å². The summed E-state index contributed by atoms with van der Waals surface area (Å²) < 4.78 is 8.95. The summed E-state index contributed by atoms with van der Waals surface area (Å²) >= 11 is 3.80. The third-order valence-corrected chi connectivity index (χ3v) is 13.0. The molecule has 2 aromatic heterocycles. The number of benzene rings is 6. The Morgan fingerprint density at radius 1 is 0.667 bits per heavy atom. The van der Waals surface area contributed by atoms with Gasteiger partial charge in [0.2, 0.25) is 0 Å². The number of amidine groups is 1. The van der Waals surface area contributed by atoms with Crippen molar-refractivity contribution in [1.82, 2.24) is 10.6 Å². The van der Waals surface area contributed by atoms with Crippen LogP contribution in [-0.4, -0.2) is 11.1 Å². The molecule has 0 amide bonds. The fourth-order valence-electron chi connectivity index (χ4n) is 8.01. The van der Waals surface area contributed by atoms with E-state index in [2.05, 4.69) is 150 Å². The molecule has 51 heavy (non-hydrogen) atoms. The van der Waals surface area contributed by atoms with Crippen molar-refractivity contribution in [2.75, 3.05) is 0 Å². The number of hydrogen-bond donors (Lipinski definition) is 2. The number of para-hydroxylation sites is 2. The summed E-state index contributed by atoms with van der Waals surface area (Å²) in [4.78, 5) is 6.63. The highest BCUT2D eigenvalue weighted by Crippen LogP contribution is 2.49. The van der Waals surface area contributed by atoms with Crippen LogP contribution >= 0.6 is 23.1 Å². The van der Waals surface area contributed by atoms with Crippen molar-refractivity contribution in [3.63, 3.8) is 0 Å². The topological polar surface area (TPSA) is 49.6 Å². The zero-order valence-electron chi connectivity index (χ0n) is 27.4. The molecule has 4 unspecified atom stereocenters. The van der Waals surface area contributed by atoms with E-state index in [1.54, 1.807) is 0 Å². The Balaban J connectivity index is 0.953. The highest BCUT2D eigenvalue weighted by molar-refractivity contribution is 8.00. The smallest absolute Gasteiger partial charge is 0.143 e. The lowest BCUT2D eigenvalue weighted by Crippen LogP contribution is -2.45. The summed E-state index contributed by atoms with van der Waals surface area (Å²) in [7, 11) is 0. The Bertz CT molecular complexity index is 2770. The van der Waals surface area contributed by atoms with Crippen LogP contribution in [0.2, 0.25) is 0 Å². The monoisotopic (exact) mass is 693 g/mol. The van der Waals surface area contributed by atoms with Gasteiger partial charge in [-0.05, 0) is 52.6 Å². The molecule has 2 N–H and O–H groups in total. The molecule has 2 aliphatic heterocycles. The average Bonchev–Trinajstić information content (AvgIpc) is 3.88. The number of nitrogens with one attached hydrogen (secondary N) is 2. The molecule has 0 spiro atoms. The number of thiophene rings is 1. The molecular formula is C45H31N3OS2. The molecule has 1 aliphatic carbocycles. The van der Waals surface area contributed by atoms with Crippen LogP contribution in [0.15, 0.2) is 172 Å². The predicted octanol–water partition coefficient (Wildman–Crippen LogP) is 11.7. The maximum absolute atomic E-state index is 6.40. The normalized spacial score (nSPS) is 21.1. The second-order valence-electron chi connectivity index (χ2n) is 13.5. The van der Waals surface area contributed by atoms with E-state index in [-0.39, 0.29) is 12.3 Å². The molecule has 4 nitrogen and oxygen atoms in total. The number of aliphatic imine (C=N–C) groups is 1. The van der Waals surface area contributed by atoms with Crippen LogP contribution in [0.1, 0.15) is 34.9 Å². The molecule has 0 saturated heterocycles. The first-order chi connectivity index (χ1) is 25.2. The lowest BCUT2D eigenvalue weighted by molar-refractivity contribution is 0.409. The molecule has 6 heteroatoms. The van der Waals surface area contributed by atoms with Crippen LogP contribution < -0.4 is 10.6 Å². The summed E-state index contributed by atoms with van der Waals surface area (Å²) in [5.74, 6) is 1.33. The molecule has 0 saturated carbocycles. The molecule has 0 radical (unpaired) electrons. The van der Waals surface area contributed by atoms with Crippen molar-refractivity contribution < 1.29 is 4.42 Å². The third-order valence-electron chi connectivity index (χ3n) is 10.5. The average molecular weight is 694 g/mol. The molecule has 244 valence electrons. The van der Waals surface area contributed by atoms with Crippen molar-refractivity contribution in [1.29, 1.82) is 0 Å². The zero-order valence-corrected chi connectivity index (χ0v) is 29.0. The van der Waals surface area contributed by atoms with Crippen LogP contribution in [0, 0.1) is 0 Å². The van der Waals surface area contributed by atoms with Crippen LogP contribution in [0.5, 0.6) is 0 Å². The van der Waals surface area contributed by atoms with Crippen molar-refractivity contribution in [3.05, 3.63) is 174 Å². The number of nitrogens with zero attached hydrogens (tertiary/aromatic N) is 1. The lowest BCUT2D eigenvalue weighted by Gasteiger charge is -2.33. The van der Waals surface area contributed by atoms with E-state index in [1.165, 1.54) is 36.2 Å². The summed E-state index contributed by atoms with van der Waals surface area (Å²) in [6, 6.07) is 47.8. The fraction of sp³-hybridized carbons (Fsp3) is 0.0889. The third kappa shape index (κ3) is 4.82. The fourth-order valence-corrected chi connectivity index (χ4v) is 10.5. The minimum atomic E-state index is -0.172. The SMILES string of the molecule is C1=CC2c3ccccc3SC2C=C1C1=NC(c2ccccc2)NC(c2ccc3c(c2)sc2ccc(-c4cccc5c4oc4ccccc45)cc23)N1. The van der Waals surface area contributed by atoms with Gasteiger partial charge in [0.1, 0.15) is 29.3 Å². The molecule has 3 aliphatic rings. The van der Waals surface area contributed by atoms with Gasteiger partial charge in [-0.1, -0.05) is 121 Å². The van der Waals surface area contributed by atoms with E-state index < -0.39 is 0 Å².